The van der Waals surface area contributed by atoms with E-state index in [1.165, 1.54) is 11.6 Å². The molecule has 3 N–H and O–H groups in total. The van der Waals surface area contributed by atoms with Crippen molar-refractivity contribution in [3.63, 3.8) is 0 Å². The summed E-state index contributed by atoms with van der Waals surface area (Å²) < 4.78 is 2.56. The third kappa shape index (κ3) is 3.43. The summed E-state index contributed by atoms with van der Waals surface area (Å²) in [7, 11) is 1.48. The zero-order chi connectivity index (χ0) is 15.4. The maximum Gasteiger partial charge on any atom is 0.332 e. The Balaban J connectivity index is 3.26. The van der Waals surface area contributed by atoms with E-state index in [0.717, 1.165) is 17.4 Å². The van der Waals surface area contributed by atoms with Crippen LogP contribution in [-0.4, -0.2) is 15.2 Å². The van der Waals surface area contributed by atoms with Gasteiger partial charge in [0.15, 0.2) is 0 Å². The molecule has 6 nitrogen and oxygen atoms in total. The van der Waals surface area contributed by atoms with Crippen LogP contribution in [0.2, 0.25) is 0 Å². The number of nitrogens with two attached hydrogens (primary N) is 1. The monoisotopic (exact) mass is 282 g/mol. The van der Waals surface area contributed by atoms with Crippen molar-refractivity contribution in [3.8, 4) is 0 Å². The number of hydrogen-bond donors (Lipinski definition) is 2. The van der Waals surface area contributed by atoms with Crippen molar-refractivity contribution in [1.82, 2.24) is 9.13 Å². The highest BCUT2D eigenvalue weighted by molar-refractivity contribution is 5.61. The Labute approximate surface area is 119 Å². The predicted octanol–water partition coefficient (Wildman–Crippen LogP) is 1.39. The lowest BCUT2D eigenvalue weighted by atomic mass is 10.1. The number of anilines is 2. The largest absolute Gasteiger partial charge is 0.383 e. The third-order valence-corrected chi connectivity index (χ3v) is 3.25. The van der Waals surface area contributed by atoms with Crippen molar-refractivity contribution < 1.29 is 0 Å². The molecule has 0 radical (unpaired) electrons. The maximum absolute atomic E-state index is 12.2. The molecular weight excluding hydrogens is 256 g/mol. The standard InChI is InChI=1S/C14H26N4O2/c1-6-7-18-12(15)11(13(19)17(5)14(18)20)16-10(4)8-9(2)3/h9-10,16H,6-8,15H2,1-5H3. The van der Waals surface area contributed by atoms with Crippen LogP contribution in [0.3, 0.4) is 0 Å². The van der Waals surface area contributed by atoms with Gasteiger partial charge in [-0.15, -0.1) is 0 Å². The van der Waals surface area contributed by atoms with Crippen molar-refractivity contribution in [2.45, 2.75) is 53.1 Å². The number of nitrogens with one attached hydrogen (secondary N) is 1. The van der Waals surface area contributed by atoms with Crippen molar-refractivity contribution in [1.29, 1.82) is 0 Å². The Hall–Kier alpha value is -1.72. The van der Waals surface area contributed by atoms with Gasteiger partial charge in [-0.1, -0.05) is 20.8 Å². The molecule has 0 aliphatic heterocycles. The number of nitrogen functional groups attached to an aromatic ring is 1. The van der Waals surface area contributed by atoms with E-state index < -0.39 is 0 Å². The van der Waals surface area contributed by atoms with E-state index in [4.69, 9.17) is 5.73 Å². The molecule has 0 saturated heterocycles. The van der Waals surface area contributed by atoms with E-state index in [-0.39, 0.29) is 23.1 Å². The second kappa shape index (κ2) is 6.63. The Kier molecular flexibility index (Phi) is 5.42. The van der Waals surface area contributed by atoms with Crippen molar-refractivity contribution in [3.05, 3.63) is 20.8 Å². The van der Waals surface area contributed by atoms with Crippen LogP contribution in [0, 0.1) is 5.92 Å². The van der Waals surface area contributed by atoms with E-state index in [1.807, 2.05) is 13.8 Å². The van der Waals surface area contributed by atoms with Crippen molar-refractivity contribution in [2.75, 3.05) is 11.1 Å². The summed E-state index contributed by atoms with van der Waals surface area (Å²) in [5, 5.41) is 3.16. The summed E-state index contributed by atoms with van der Waals surface area (Å²) in [6, 6.07) is 0.123. The van der Waals surface area contributed by atoms with Crippen LogP contribution in [0.5, 0.6) is 0 Å². The zero-order valence-electron chi connectivity index (χ0n) is 13.1. The predicted molar refractivity (Wildman–Crippen MR) is 83.2 cm³/mol. The second-order valence-electron chi connectivity index (χ2n) is 5.73. The Morgan fingerprint density at radius 1 is 1.25 bits per heavy atom. The van der Waals surface area contributed by atoms with E-state index in [2.05, 4.69) is 19.2 Å². The number of aromatic nitrogens is 2. The minimum Gasteiger partial charge on any atom is -0.383 e. The lowest BCUT2D eigenvalue weighted by molar-refractivity contribution is 0.537. The quantitative estimate of drug-likeness (QED) is 0.826. The molecule has 0 aliphatic rings. The third-order valence-electron chi connectivity index (χ3n) is 3.25. The van der Waals surface area contributed by atoms with Gasteiger partial charge in [-0.2, -0.15) is 0 Å². The fourth-order valence-corrected chi connectivity index (χ4v) is 2.37. The summed E-state index contributed by atoms with van der Waals surface area (Å²) in [6.07, 6.45) is 1.71. The van der Waals surface area contributed by atoms with Crippen LogP contribution >= 0.6 is 0 Å². The first-order chi connectivity index (χ1) is 9.29. The molecule has 1 heterocycles. The first-order valence-corrected chi connectivity index (χ1v) is 7.15. The molecule has 0 spiro atoms. The highest BCUT2D eigenvalue weighted by Crippen LogP contribution is 2.15. The summed E-state index contributed by atoms with van der Waals surface area (Å²) in [4.78, 5) is 24.2. The van der Waals surface area contributed by atoms with Gasteiger partial charge in [-0.05, 0) is 25.7 Å². The summed E-state index contributed by atoms with van der Waals surface area (Å²) >= 11 is 0. The average molecular weight is 282 g/mol. The fraction of sp³-hybridized carbons (Fsp3) is 0.714. The molecule has 1 unspecified atom stereocenters. The van der Waals surface area contributed by atoms with E-state index in [9.17, 15) is 9.59 Å². The molecule has 114 valence electrons. The van der Waals surface area contributed by atoms with E-state index in [0.29, 0.717) is 18.2 Å². The van der Waals surface area contributed by atoms with Crippen LogP contribution in [0.4, 0.5) is 11.5 Å². The molecule has 0 fully saturated rings. The van der Waals surface area contributed by atoms with Crippen LogP contribution in [0.15, 0.2) is 9.59 Å². The van der Waals surface area contributed by atoms with E-state index in [1.54, 1.807) is 0 Å². The van der Waals surface area contributed by atoms with Gasteiger partial charge in [-0.3, -0.25) is 13.9 Å². The first kappa shape index (κ1) is 16.3. The van der Waals surface area contributed by atoms with Crippen LogP contribution in [0.25, 0.3) is 0 Å². The minimum absolute atomic E-state index is 0.123. The molecular formula is C14H26N4O2. The number of nitrogens with zero attached hydrogens (tertiary/aromatic N) is 2. The fourth-order valence-electron chi connectivity index (χ4n) is 2.37. The number of rotatable bonds is 6. The van der Waals surface area contributed by atoms with E-state index >= 15 is 0 Å². The van der Waals surface area contributed by atoms with Crippen molar-refractivity contribution >= 4 is 11.5 Å². The Bertz CT molecular complexity index is 572. The zero-order valence-corrected chi connectivity index (χ0v) is 13.1. The lowest BCUT2D eigenvalue weighted by Crippen LogP contribution is -2.41. The normalized spacial score (nSPS) is 12.7. The van der Waals surface area contributed by atoms with Crippen molar-refractivity contribution in [2.24, 2.45) is 13.0 Å². The molecule has 1 aromatic heterocycles. The smallest absolute Gasteiger partial charge is 0.332 e. The van der Waals surface area contributed by atoms with Gasteiger partial charge in [-0.25, -0.2) is 4.79 Å². The molecule has 6 heteroatoms. The molecule has 1 rings (SSSR count). The highest BCUT2D eigenvalue weighted by Gasteiger charge is 2.16. The number of hydrogen-bond acceptors (Lipinski definition) is 4. The van der Waals surface area contributed by atoms with Gasteiger partial charge in [0, 0.05) is 19.6 Å². The molecule has 20 heavy (non-hydrogen) atoms. The molecule has 0 aliphatic carbocycles. The average Bonchev–Trinajstić information content (AvgIpc) is 2.36. The lowest BCUT2D eigenvalue weighted by Gasteiger charge is -2.20. The van der Waals surface area contributed by atoms with Gasteiger partial charge in [0.2, 0.25) is 0 Å². The van der Waals surface area contributed by atoms with Crippen LogP contribution in [0.1, 0.15) is 40.5 Å². The first-order valence-electron chi connectivity index (χ1n) is 7.15. The van der Waals surface area contributed by atoms with Crippen LogP contribution < -0.4 is 22.3 Å². The molecule has 1 aromatic rings. The highest BCUT2D eigenvalue weighted by atomic mass is 16.2. The molecule has 0 amide bonds. The minimum atomic E-state index is -0.365. The van der Waals surface area contributed by atoms with Gasteiger partial charge in [0.1, 0.15) is 11.5 Å². The summed E-state index contributed by atoms with van der Waals surface area (Å²) in [5.41, 5.74) is 5.60. The van der Waals surface area contributed by atoms with Gasteiger partial charge in [0.25, 0.3) is 5.56 Å². The molecule has 0 aromatic carbocycles. The Morgan fingerprint density at radius 3 is 2.35 bits per heavy atom. The summed E-state index contributed by atoms with van der Waals surface area (Å²) in [6.45, 7) is 8.72. The second-order valence-corrected chi connectivity index (χ2v) is 5.73. The summed E-state index contributed by atoms with van der Waals surface area (Å²) in [5.74, 6) is 0.750. The molecule has 0 bridgehead atoms. The molecule has 1 atom stereocenters. The maximum atomic E-state index is 12.2. The Morgan fingerprint density at radius 2 is 1.85 bits per heavy atom. The van der Waals surface area contributed by atoms with Gasteiger partial charge >= 0.3 is 5.69 Å². The molecule has 0 saturated carbocycles. The van der Waals surface area contributed by atoms with Gasteiger partial charge < -0.3 is 11.1 Å². The van der Waals surface area contributed by atoms with Gasteiger partial charge in [0.05, 0.1) is 0 Å². The SMILES string of the molecule is CCCn1c(N)c(NC(C)CC(C)C)c(=O)n(C)c1=O. The van der Waals surface area contributed by atoms with Crippen LogP contribution in [-0.2, 0) is 13.6 Å². The topological polar surface area (TPSA) is 82.0 Å².